The van der Waals surface area contributed by atoms with Crippen LogP contribution in [0.5, 0.6) is 11.5 Å². The molecule has 1 aliphatic heterocycles. The summed E-state index contributed by atoms with van der Waals surface area (Å²) >= 11 is 0. The third-order valence-corrected chi connectivity index (χ3v) is 6.04. The zero-order chi connectivity index (χ0) is 22.4. The van der Waals surface area contributed by atoms with E-state index in [-0.39, 0.29) is 19.1 Å². The lowest BCUT2D eigenvalue weighted by Crippen LogP contribution is -2.64. The number of hydrogen-bond donors (Lipinski definition) is 2. The van der Waals surface area contributed by atoms with Gasteiger partial charge in [0.2, 0.25) is 5.91 Å². The number of para-hydroxylation sites is 3. The number of amides is 1. The molecule has 7 nitrogen and oxygen atoms in total. The van der Waals surface area contributed by atoms with Crippen LogP contribution in [0.2, 0.25) is 0 Å². The highest BCUT2D eigenvalue weighted by atomic mass is 16.5. The summed E-state index contributed by atoms with van der Waals surface area (Å²) in [6, 6.07) is 13.7. The zero-order valence-corrected chi connectivity index (χ0v) is 18.7. The SMILES string of the molecule is COc1ccccc1OCC(O)C[N+]1(c2c(C)cccc2C)CCN(CC(N)=O)CC1. The van der Waals surface area contributed by atoms with E-state index in [1.165, 1.54) is 16.8 Å². The second kappa shape index (κ2) is 10.1. The van der Waals surface area contributed by atoms with Gasteiger partial charge in [0.15, 0.2) is 11.5 Å². The number of hydrogen-bond acceptors (Lipinski definition) is 5. The number of nitrogens with two attached hydrogens (primary N) is 1. The smallest absolute Gasteiger partial charge is 0.231 e. The maximum Gasteiger partial charge on any atom is 0.231 e. The van der Waals surface area contributed by atoms with Crippen molar-refractivity contribution in [1.29, 1.82) is 0 Å². The number of rotatable bonds is 9. The molecule has 1 heterocycles. The molecule has 1 fully saturated rings. The Bertz CT molecular complexity index is 874. The Balaban J connectivity index is 1.78. The van der Waals surface area contributed by atoms with Crippen LogP contribution < -0.4 is 19.7 Å². The van der Waals surface area contributed by atoms with E-state index in [2.05, 4.69) is 36.9 Å². The first-order chi connectivity index (χ1) is 14.8. The van der Waals surface area contributed by atoms with E-state index in [4.69, 9.17) is 15.2 Å². The maximum atomic E-state index is 11.4. The molecule has 31 heavy (non-hydrogen) atoms. The summed E-state index contributed by atoms with van der Waals surface area (Å²) in [7, 11) is 1.60. The van der Waals surface area contributed by atoms with Crippen LogP contribution in [0, 0.1) is 13.8 Å². The minimum atomic E-state index is -0.661. The van der Waals surface area contributed by atoms with Crippen LogP contribution in [-0.2, 0) is 4.79 Å². The molecular formula is C24H34N3O4+. The molecule has 0 bridgehead atoms. The van der Waals surface area contributed by atoms with Crippen molar-refractivity contribution in [2.24, 2.45) is 5.73 Å². The first kappa shape index (κ1) is 23.1. The van der Waals surface area contributed by atoms with E-state index in [1.807, 2.05) is 24.3 Å². The number of carbonyl (C=O) groups is 1. The van der Waals surface area contributed by atoms with Gasteiger partial charge in [0.05, 0.1) is 26.7 Å². The van der Waals surface area contributed by atoms with Crippen LogP contribution in [0.3, 0.4) is 0 Å². The van der Waals surface area contributed by atoms with Crippen molar-refractivity contribution in [2.75, 3.05) is 53.0 Å². The number of aliphatic hydroxyl groups excluding tert-OH is 1. The number of methoxy groups -OCH3 is 1. The van der Waals surface area contributed by atoms with Gasteiger partial charge in [-0.1, -0.05) is 30.3 Å². The molecular weight excluding hydrogens is 394 g/mol. The molecule has 0 aromatic heterocycles. The van der Waals surface area contributed by atoms with Gasteiger partial charge in [-0.2, -0.15) is 0 Å². The molecule has 168 valence electrons. The first-order valence-electron chi connectivity index (χ1n) is 10.7. The van der Waals surface area contributed by atoms with Gasteiger partial charge in [0.1, 0.15) is 24.9 Å². The Hall–Kier alpha value is -2.61. The van der Waals surface area contributed by atoms with Gasteiger partial charge in [-0.3, -0.25) is 14.2 Å². The number of nitrogens with zero attached hydrogens (tertiary/aromatic N) is 2. The van der Waals surface area contributed by atoms with E-state index < -0.39 is 6.10 Å². The van der Waals surface area contributed by atoms with Crippen molar-refractivity contribution >= 4 is 11.6 Å². The molecule has 0 saturated carbocycles. The number of carbonyl (C=O) groups excluding carboxylic acids is 1. The van der Waals surface area contributed by atoms with Crippen LogP contribution in [0.1, 0.15) is 11.1 Å². The van der Waals surface area contributed by atoms with Crippen molar-refractivity contribution in [1.82, 2.24) is 9.38 Å². The molecule has 1 atom stereocenters. The summed E-state index contributed by atoms with van der Waals surface area (Å²) in [5.74, 6) is 0.958. The normalized spacial score (nSPS) is 17.2. The molecule has 3 N–H and O–H groups in total. The van der Waals surface area contributed by atoms with Crippen molar-refractivity contribution in [3.63, 3.8) is 0 Å². The topological polar surface area (TPSA) is 85.0 Å². The van der Waals surface area contributed by atoms with E-state index in [9.17, 15) is 9.90 Å². The molecule has 1 saturated heterocycles. The lowest BCUT2D eigenvalue weighted by atomic mass is 10.0. The number of piperazine rings is 1. The van der Waals surface area contributed by atoms with Gasteiger partial charge >= 0.3 is 0 Å². The molecule has 3 rings (SSSR count). The number of ether oxygens (including phenoxy) is 2. The van der Waals surface area contributed by atoms with Crippen molar-refractivity contribution in [2.45, 2.75) is 20.0 Å². The van der Waals surface area contributed by atoms with Gasteiger partial charge in [-0.25, -0.2) is 0 Å². The Labute approximate surface area is 184 Å². The number of quaternary nitrogens is 1. The van der Waals surface area contributed by atoms with Crippen molar-refractivity contribution < 1.29 is 19.4 Å². The molecule has 1 amide bonds. The molecule has 0 radical (unpaired) electrons. The van der Waals surface area contributed by atoms with E-state index in [0.29, 0.717) is 22.5 Å². The molecule has 0 aliphatic carbocycles. The summed E-state index contributed by atoms with van der Waals surface area (Å²) in [5, 5.41) is 11.0. The predicted octanol–water partition coefficient (Wildman–Crippen LogP) is 1.86. The van der Waals surface area contributed by atoms with E-state index in [1.54, 1.807) is 7.11 Å². The number of aliphatic hydroxyl groups is 1. The second-order valence-electron chi connectivity index (χ2n) is 8.37. The Morgan fingerprint density at radius 1 is 1.10 bits per heavy atom. The largest absolute Gasteiger partial charge is 0.493 e. The predicted molar refractivity (Wildman–Crippen MR) is 122 cm³/mol. The van der Waals surface area contributed by atoms with E-state index in [0.717, 1.165) is 26.2 Å². The molecule has 2 aromatic carbocycles. The molecule has 0 spiro atoms. The lowest BCUT2D eigenvalue weighted by molar-refractivity contribution is -0.119. The zero-order valence-electron chi connectivity index (χ0n) is 18.7. The summed E-state index contributed by atoms with van der Waals surface area (Å²) < 4.78 is 11.9. The average molecular weight is 429 g/mol. The molecule has 1 unspecified atom stereocenters. The number of benzene rings is 2. The van der Waals surface area contributed by atoms with Gasteiger partial charge in [0.25, 0.3) is 0 Å². The lowest BCUT2D eigenvalue weighted by Gasteiger charge is -2.46. The Morgan fingerprint density at radius 2 is 1.71 bits per heavy atom. The van der Waals surface area contributed by atoms with Gasteiger partial charge in [0, 0.05) is 24.2 Å². The highest BCUT2D eigenvalue weighted by molar-refractivity contribution is 5.76. The van der Waals surface area contributed by atoms with Crippen LogP contribution in [0.25, 0.3) is 0 Å². The van der Waals surface area contributed by atoms with Crippen LogP contribution in [-0.4, -0.2) is 75.0 Å². The third kappa shape index (κ3) is 5.55. The summed E-state index contributed by atoms with van der Waals surface area (Å²) in [5.41, 5.74) is 9.06. The van der Waals surface area contributed by atoms with Gasteiger partial charge in [-0.15, -0.1) is 0 Å². The standard InChI is InChI=1S/C24H33N3O4/c1-18-7-6-8-19(2)24(18)27(13-11-26(12-14-27)15-23(25)29)16-20(28)17-31-22-10-5-4-9-21(22)30-3/h4-10,20,28H,11-17H2,1-3H3,(H-,25,29)/p+1. The number of primary amides is 1. The Kier molecular flexibility index (Phi) is 7.54. The maximum absolute atomic E-state index is 11.4. The van der Waals surface area contributed by atoms with Crippen LogP contribution in [0.15, 0.2) is 42.5 Å². The summed E-state index contributed by atoms with van der Waals surface area (Å²) in [6.07, 6.45) is -0.661. The fourth-order valence-corrected chi connectivity index (χ4v) is 4.70. The minimum Gasteiger partial charge on any atom is -0.493 e. The highest BCUT2D eigenvalue weighted by Crippen LogP contribution is 2.33. The summed E-state index contributed by atoms with van der Waals surface area (Å²) in [4.78, 5) is 13.5. The van der Waals surface area contributed by atoms with Gasteiger partial charge < -0.3 is 20.3 Å². The molecule has 2 aromatic rings. The van der Waals surface area contributed by atoms with Gasteiger partial charge in [-0.05, 0) is 26.0 Å². The summed E-state index contributed by atoms with van der Waals surface area (Å²) in [6.45, 7) is 8.31. The van der Waals surface area contributed by atoms with Crippen LogP contribution in [0.4, 0.5) is 5.69 Å². The highest BCUT2D eigenvalue weighted by Gasteiger charge is 2.39. The van der Waals surface area contributed by atoms with Crippen molar-refractivity contribution in [3.05, 3.63) is 53.6 Å². The van der Waals surface area contributed by atoms with E-state index >= 15 is 0 Å². The first-order valence-corrected chi connectivity index (χ1v) is 10.7. The molecule has 1 aliphatic rings. The average Bonchev–Trinajstić information content (AvgIpc) is 2.73. The quantitative estimate of drug-likeness (QED) is 0.596. The Morgan fingerprint density at radius 3 is 2.29 bits per heavy atom. The molecule has 7 heteroatoms. The fraction of sp³-hybridized carbons (Fsp3) is 0.458. The fourth-order valence-electron chi connectivity index (χ4n) is 4.70. The minimum absolute atomic E-state index is 0.177. The van der Waals surface area contributed by atoms with Crippen molar-refractivity contribution in [3.8, 4) is 11.5 Å². The number of aryl methyl sites for hydroxylation is 2. The van der Waals surface area contributed by atoms with Crippen LogP contribution >= 0.6 is 0 Å². The second-order valence-corrected chi connectivity index (χ2v) is 8.37. The third-order valence-electron chi connectivity index (χ3n) is 6.04. The monoisotopic (exact) mass is 428 g/mol.